The van der Waals surface area contributed by atoms with Crippen molar-refractivity contribution in [1.29, 1.82) is 0 Å². The first-order valence-corrected chi connectivity index (χ1v) is 9.50. The lowest BCUT2D eigenvalue weighted by molar-refractivity contribution is 0.0446. The van der Waals surface area contributed by atoms with Gasteiger partial charge in [-0.2, -0.15) is 0 Å². The quantitative estimate of drug-likeness (QED) is 0.495. The fourth-order valence-electron chi connectivity index (χ4n) is 2.60. The van der Waals surface area contributed by atoms with Crippen LogP contribution in [0.3, 0.4) is 0 Å². The molecule has 0 saturated carbocycles. The van der Waals surface area contributed by atoms with E-state index < -0.39 is 5.60 Å². The molecule has 0 saturated heterocycles. The molecule has 0 atom stereocenters. The minimum atomic E-state index is -0.455. The van der Waals surface area contributed by atoms with Crippen LogP contribution in [0.4, 0.5) is 4.79 Å². The molecule has 23 heavy (non-hydrogen) atoms. The van der Waals surface area contributed by atoms with Crippen molar-refractivity contribution in [2.75, 3.05) is 13.1 Å². The molecule has 4 heteroatoms. The summed E-state index contributed by atoms with van der Waals surface area (Å²) >= 11 is 0. The highest BCUT2D eigenvalue weighted by Gasteiger charge is 2.29. The van der Waals surface area contributed by atoms with Gasteiger partial charge in [0.15, 0.2) is 0 Å². The summed E-state index contributed by atoms with van der Waals surface area (Å²) in [6.45, 7) is 14.0. The number of carbonyl (C=O) groups is 1. The van der Waals surface area contributed by atoms with Crippen LogP contribution in [0, 0.1) is 0 Å². The topological polar surface area (TPSA) is 50.4 Å². The van der Waals surface area contributed by atoms with Crippen LogP contribution in [0.1, 0.15) is 92.9 Å². The zero-order valence-electron chi connectivity index (χ0n) is 16.4. The molecule has 0 aliphatic rings. The Hall–Kier alpha value is -0.770. The number of amides is 1. The summed E-state index contributed by atoms with van der Waals surface area (Å²) in [7, 11) is 0. The van der Waals surface area contributed by atoms with E-state index in [1.54, 1.807) is 0 Å². The van der Waals surface area contributed by atoms with Crippen molar-refractivity contribution in [1.82, 2.24) is 10.6 Å². The highest BCUT2D eigenvalue weighted by Crippen LogP contribution is 2.16. The SMILES string of the molecule is CCCCCCCCNCC(CC)(CC)NC(=O)OC(C)(C)C. The highest BCUT2D eigenvalue weighted by molar-refractivity contribution is 5.68. The molecule has 0 spiro atoms. The van der Waals surface area contributed by atoms with Crippen LogP contribution in [-0.4, -0.2) is 30.3 Å². The molecule has 0 aromatic heterocycles. The Labute approximate surface area is 144 Å². The van der Waals surface area contributed by atoms with Gasteiger partial charge < -0.3 is 15.4 Å². The molecule has 0 aliphatic heterocycles. The lowest BCUT2D eigenvalue weighted by atomic mass is 9.93. The van der Waals surface area contributed by atoms with Gasteiger partial charge in [0, 0.05) is 6.54 Å². The third-order valence-corrected chi connectivity index (χ3v) is 4.29. The first-order valence-electron chi connectivity index (χ1n) is 9.50. The summed E-state index contributed by atoms with van der Waals surface area (Å²) in [6, 6.07) is 0. The maximum atomic E-state index is 12.1. The van der Waals surface area contributed by atoms with Crippen LogP contribution in [0.2, 0.25) is 0 Å². The maximum Gasteiger partial charge on any atom is 0.408 e. The molecule has 4 nitrogen and oxygen atoms in total. The van der Waals surface area contributed by atoms with E-state index in [-0.39, 0.29) is 11.6 Å². The number of unbranched alkanes of at least 4 members (excludes halogenated alkanes) is 5. The Morgan fingerprint density at radius 3 is 2.00 bits per heavy atom. The predicted molar refractivity (Wildman–Crippen MR) is 98.9 cm³/mol. The van der Waals surface area contributed by atoms with Gasteiger partial charge in [0.25, 0.3) is 0 Å². The number of hydrogen-bond donors (Lipinski definition) is 2. The molecule has 2 N–H and O–H groups in total. The fraction of sp³-hybridized carbons (Fsp3) is 0.947. The van der Waals surface area contributed by atoms with E-state index in [0.29, 0.717) is 0 Å². The van der Waals surface area contributed by atoms with Gasteiger partial charge in [0.2, 0.25) is 0 Å². The van der Waals surface area contributed by atoms with Crippen LogP contribution in [0.25, 0.3) is 0 Å². The Balaban J connectivity index is 4.11. The number of hydrogen-bond acceptors (Lipinski definition) is 3. The lowest BCUT2D eigenvalue weighted by Crippen LogP contribution is -2.55. The summed E-state index contributed by atoms with van der Waals surface area (Å²) in [6.07, 6.45) is 9.30. The van der Waals surface area contributed by atoms with Crippen LogP contribution in [0.5, 0.6) is 0 Å². The summed E-state index contributed by atoms with van der Waals surface area (Å²) in [5.41, 5.74) is -0.673. The van der Waals surface area contributed by atoms with Gasteiger partial charge >= 0.3 is 6.09 Å². The first kappa shape index (κ1) is 22.2. The Bertz CT molecular complexity index is 307. The van der Waals surface area contributed by atoms with Crippen molar-refractivity contribution < 1.29 is 9.53 Å². The van der Waals surface area contributed by atoms with Gasteiger partial charge in [-0.3, -0.25) is 0 Å². The zero-order valence-corrected chi connectivity index (χ0v) is 16.4. The summed E-state index contributed by atoms with van der Waals surface area (Å²) in [5.74, 6) is 0. The number of ether oxygens (including phenoxy) is 1. The monoisotopic (exact) mass is 328 g/mol. The molecule has 0 bridgehead atoms. The van der Waals surface area contributed by atoms with E-state index >= 15 is 0 Å². The van der Waals surface area contributed by atoms with E-state index in [9.17, 15) is 4.79 Å². The first-order chi connectivity index (χ1) is 10.8. The predicted octanol–water partition coefficient (Wildman–Crippen LogP) is 5.02. The van der Waals surface area contributed by atoms with Gasteiger partial charge in [0.1, 0.15) is 5.60 Å². The summed E-state index contributed by atoms with van der Waals surface area (Å²) in [5, 5.41) is 6.60. The second kappa shape index (κ2) is 11.7. The zero-order chi connectivity index (χ0) is 17.8. The van der Waals surface area contributed by atoms with Crippen molar-refractivity contribution >= 4 is 6.09 Å². The van der Waals surface area contributed by atoms with Crippen LogP contribution in [-0.2, 0) is 4.74 Å². The van der Waals surface area contributed by atoms with Gasteiger partial charge in [-0.15, -0.1) is 0 Å². The molecule has 0 aromatic rings. The Morgan fingerprint density at radius 2 is 1.48 bits per heavy atom. The second-order valence-corrected chi connectivity index (χ2v) is 7.56. The molecule has 0 aromatic carbocycles. The van der Waals surface area contributed by atoms with Crippen molar-refractivity contribution in [3.63, 3.8) is 0 Å². The van der Waals surface area contributed by atoms with Crippen molar-refractivity contribution in [2.45, 2.75) is 104 Å². The Kier molecular flexibility index (Phi) is 11.3. The van der Waals surface area contributed by atoms with Crippen molar-refractivity contribution in [3.8, 4) is 0 Å². The molecule has 0 radical (unpaired) electrons. The summed E-state index contributed by atoms with van der Waals surface area (Å²) in [4.78, 5) is 12.1. The Morgan fingerprint density at radius 1 is 0.913 bits per heavy atom. The van der Waals surface area contributed by atoms with Crippen molar-refractivity contribution in [2.24, 2.45) is 0 Å². The highest BCUT2D eigenvalue weighted by atomic mass is 16.6. The molecule has 0 heterocycles. The van der Waals surface area contributed by atoms with Gasteiger partial charge in [-0.05, 0) is 46.6 Å². The molecule has 0 unspecified atom stereocenters. The van der Waals surface area contributed by atoms with Gasteiger partial charge in [0.05, 0.1) is 5.54 Å². The molecular weight excluding hydrogens is 288 g/mol. The van der Waals surface area contributed by atoms with Gasteiger partial charge in [-0.25, -0.2) is 4.79 Å². The normalized spacial score (nSPS) is 12.3. The third kappa shape index (κ3) is 11.4. The third-order valence-electron chi connectivity index (χ3n) is 4.29. The standard InChI is InChI=1S/C19H40N2O2/c1-7-10-11-12-13-14-15-20-16-19(8-2,9-3)21-17(22)23-18(4,5)6/h20H,7-16H2,1-6H3,(H,21,22). The van der Waals surface area contributed by atoms with E-state index in [2.05, 4.69) is 31.4 Å². The van der Waals surface area contributed by atoms with Crippen LogP contribution >= 0.6 is 0 Å². The minimum absolute atomic E-state index is 0.218. The van der Waals surface area contributed by atoms with E-state index in [4.69, 9.17) is 4.74 Å². The molecule has 1 amide bonds. The van der Waals surface area contributed by atoms with E-state index in [1.165, 1.54) is 38.5 Å². The average molecular weight is 329 g/mol. The molecule has 138 valence electrons. The van der Waals surface area contributed by atoms with E-state index in [1.807, 2.05) is 20.8 Å². The number of carbonyl (C=O) groups excluding carboxylic acids is 1. The van der Waals surface area contributed by atoms with Gasteiger partial charge in [-0.1, -0.05) is 52.9 Å². The summed E-state index contributed by atoms with van der Waals surface area (Å²) < 4.78 is 5.40. The molecule has 0 fully saturated rings. The lowest BCUT2D eigenvalue weighted by Gasteiger charge is -2.34. The average Bonchev–Trinajstić information content (AvgIpc) is 2.47. The maximum absolute atomic E-state index is 12.1. The van der Waals surface area contributed by atoms with Crippen LogP contribution in [0.15, 0.2) is 0 Å². The van der Waals surface area contributed by atoms with Crippen LogP contribution < -0.4 is 10.6 Å². The molecule has 0 rings (SSSR count). The number of rotatable bonds is 12. The number of alkyl carbamates (subject to hydrolysis) is 1. The van der Waals surface area contributed by atoms with Crippen molar-refractivity contribution in [3.05, 3.63) is 0 Å². The smallest absolute Gasteiger partial charge is 0.408 e. The minimum Gasteiger partial charge on any atom is -0.444 e. The van der Waals surface area contributed by atoms with E-state index in [0.717, 1.165) is 25.9 Å². The fourth-order valence-corrected chi connectivity index (χ4v) is 2.60. The molecular formula is C19H40N2O2. The largest absolute Gasteiger partial charge is 0.444 e. The number of nitrogens with one attached hydrogen (secondary N) is 2. The second-order valence-electron chi connectivity index (χ2n) is 7.56. The molecule has 0 aliphatic carbocycles.